The molecule has 5 rings (SSSR count). The van der Waals surface area contributed by atoms with E-state index in [-0.39, 0.29) is 11.9 Å². The molecule has 0 aliphatic heterocycles. The first-order valence-electron chi connectivity index (χ1n) is 9.66. The van der Waals surface area contributed by atoms with Gasteiger partial charge in [0.2, 0.25) is 0 Å². The van der Waals surface area contributed by atoms with Crippen molar-refractivity contribution in [3.63, 3.8) is 0 Å². The fourth-order valence-electron chi connectivity index (χ4n) is 3.56. The van der Waals surface area contributed by atoms with Crippen LogP contribution in [0.3, 0.4) is 0 Å². The highest BCUT2D eigenvalue weighted by molar-refractivity contribution is 6.00. The van der Waals surface area contributed by atoms with Crippen LogP contribution in [0.4, 0.5) is 10.2 Å². The molecule has 3 heterocycles. The van der Waals surface area contributed by atoms with Crippen LogP contribution in [0.5, 0.6) is 0 Å². The Morgan fingerprint density at radius 3 is 2.47 bits per heavy atom. The molecule has 0 atom stereocenters. The standard InChI is InChI=1S/C22H19FN6O/c1-12(2)24-20-16-6-4-5-7-17(16)21-25-26-22(29(21)27-20)18-13(3)30-28-19(18)14-8-10-15(23)11-9-14/h4-12H,1-3H3,(H,24,27). The van der Waals surface area contributed by atoms with Crippen LogP contribution in [0.25, 0.3) is 39.1 Å². The van der Waals surface area contributed by atoms with E-state index in [9.17, 15) is 4.39 Å². The lowest BCUT2D eigenvalue weighted by atomic mass is 10.1. The Hall–Kier alpha value is -3.81. The van der Waals surface area contributed by atoms with E-state index in [1.807, 2.05) is 31.2 Å². The van der Waals surface area contributed by atoms with Gasteiger partial charge >= 0.3 is 0 Å². The van der Waals surface area contributed by atoms with Gasteiger partial charge in [0.15, 0.2) is 17.3 Å². The van der Waals surface area contributed by atoms with E-state index in [2.05, 4.69) is 34.5 Å². The molecule has 0 bridgehead atoms. The molecule has 3 aromatic heterocycles. The quantitative estimate of drug-likeness (QED) is 0.462. The summed E-state index contributed by atoms with van der Waals surface area (Å²) in [4.78, 5) is 0. The average molecular weight is 402 g/mol. The van der Waals surface area contributed by atoms with Crippen molar-refractivity contribution in [2.24, 2.45) is 0 Å². The van der Waals surface area contributed by atoms with Gasteiger partial charge in [-0.2, -0.15) is 4.52 Å². The molecule has 30 heavy (non-hydrogen) atoms. The van der Waals surface area contributed by atoms with Crippen LogP contribution in [-0.2, 0) is 0 Å². The molecule has 7 nitrogen and oxygen atoms in total. The van der Waals surface area contributed by atoms with Crippen molar-refractivity contribution in [1.82, 2.24) is 25.0 Å². The smallest absolute Gasteiger partial charge is 0.191 e. The molecule has 0 saturated heterocycles. The molecular formula is C22H19FN6O. The van der Waals surface area contributed by atoms with E-state index in [1.54, 1.807) is 16.6 Å². The number of nitrogens with one attached hydrogen (secondary N) is 1. The van der Waals surface area contributed by atoms with E-state index >= 15 is 0 Å². The monoisotopic (exact) mass is 402 g/mol. The third-order valence-corrected chi connectivity index (χ3v) is 4.89. The topological polar surface area (TPSA) is 81.1 Å². The van der Waals surface area contributed by atoms with Crippen LogP contribution in [-0.4, -0.2) is 31.0 Å². The van der Waals surface area contributed by atoms with Gasteiger partial charge in [0, 0.05) is 22.4 Å². The maximum atomic E-state index is 13.4. The third-order valence-electron chi connectivity index (χ3n) is 4.89. The van der Waals surface area contributed by atoms with Crippen molar-refractivity contribution < 1.29 is 8.91 Å². The van der Waals surface area contributed by atoms with Gasteiger partial charge in [0.1, 0.15) is 17.3 Å². The third kappa shape index (κ3) is 2.88. The number of halogens is 1. The molecule has 0 saturated carbocycles. The molecule has 8 heteroatoms. The molecule has 2 aromatic carbocycles. The lowest BCUT2D eigenvalue weighted by molar-refractivity contribution is 0.400. The Morgan fingerprint density at radius 1 is 1.00 bits per heavy atom. The summed E-state index contributed by atoms with van der Waals surface area (Å²) in [6.45, 7) is 5.93. The maximum absolute atomic E-state index is 13.4. The van der Waals surface area contributed by atoms with Crippen LogP contribution in [0.15, 0.2) is 53.1 Å². The van der Waals surface area contributed by atoms with Gasteiger partial charge in [-0.1, -0.05) is 29.4 Å². The van der Waals surface area contributed by atoms with Gasteiger partial charge in [0.05, 0.1) is 5.56 Å². The molecule has 0 amide bonds. The van der Waals surface area contributed by atoms with Gasteiger partial charge in [0.25, 0.3) is 0 Å². The molecule has 0 aliphatic rings. The number of aryl methyl sites for hydroxylation is 1. The number of anilines is 1. The second kappa shape index (κ2) is 6.91. The Bertz CT molecular complexity index is 1370. The molecule has 5 aromatic rings. The molecular weight excluding hydrogens is 383 g/mol. The van der Waals surface area contributed by atoms with Gasteiger partial charge in [-0.3, -0.25) is 0 Å². The number of hydrogen-bond donors (Lipinski definition) is 1. The number of aromatic nitrogens is 5. The van der Waals surface area contributed by atoms with Gasteiger partial charge in [-0.15, -0.1) is 15.3 Å². The highest BCUT2D eigenvalue weighted by atomic mass is 19.1. The summed E-state index contributed by atoms with van der Waals surface area (Å²) in [6.07, 6.45) is 0. The van der Waals surface area contributed by atoms with Crippen LogP contribution < -0.4 is 5.32 Å². The zero-order valence-corrected chi connectivity index (χ0v) is 16.7. The van der Waals surface area contributed by atoms with Gasteiger partial charge < -0.3 is 9.84 Å². The number of fused-ring (bicyclic) bond motifs is 3. The SMILES string of the molecule is Cc1onc(-c2ccc(F)cc2)c1-c1nnc2c3ccccc3c(NC(C)C)nn12. The van der Waals surface area contributed by atoms with Crippen molar-refractivity contribution in [1.29, 1.82) is 0 Å². The highest BCUT2D eigenvalue weighted by Gasteiger charge is 2.24. The molecule has 1 N–H and O–H groups in total. The number of benzene rings is 2. The minimum atomic E-state index is -0.314. The van der Waals surface area contributed by atoms with Gasteiger partial charge in [-0.25, -0.2) is 4.39 Å². The molecule has 0 unspecified atom stereocenters. The number of hydrogen-bond acceptors (Lipinski definition) is 6. The second-order valence-corrected chi connectivity index (χ2v) is 7.42. The van der Waals surface area contributed by atoms with E-state index in [0.29, 0.717) is 28.5 Å². The zero-order chi connectivity index (χ0) is 20.8. The molecule has 0 spiro atoms. The summed E-state index contributed by atoms with van der Waals surface area (Å²) in [5.41, 5.74) is 2.60. The van der Waals surface area contributed by atoms with Crippen molar-refractivity contribution in [2.75, 3.05) is 5.32 Å². The summed E-state index contributed by atoms with van der Waals surface area (Å²) in [7, 11) is 0. The van der Waals surface area contributed by atoms with E-state index in [0.717, 1.165) is 22.2 Å². The summed E-state index contributed by atoms with van der Waals surface area (Å²) in [5.74, 6) is 1.52. The Balaban J connectivity index is 1.78. The number of rotatable bonds is 4. The predicted molar refractivity (Wildman–Crippen MR) is 113 cm³/mol. The first-order valence-corrected chi connectivity index (χ1v) is 9.66. The van der Waals surface area contributed by atoms with Crippen LogP contribution >= 0.6 is 0 Å². The van der Waals surface area contributed by atoms with E-state index in [4.69, 9.17) is 9.62 Å². The molecule has 0 aliphatic carbocycles. The number of nitrogens with zero attached hydrogens (tertiary/aromatic N) is 5. The largest absolute Gasteiger partial charge is 0.366 e. The lowest BCUT2D eigenvalue weighted by Gasteiger charge is -2.12. The first-order chi connectivity index (χ1) is 14.5. The molecule has 0 fully saturated rings. The fraction of sp³-hybridized carbons (Fsp3) is 0.182. The summed E-state index contributed by atoms with van der Waals surface area (Å²) < 4.78 is 20.6. The average Bonchev–Trinajstić information content (AvgIpc) is 3.31. The Morgan fingerprint density at radius 2 is 1.73 bits per heavy atom. The molecule has 0 radical (unpaired) electrons. The summed E-state index contributed by atoms with van der Waals surface area (Å²) in [6, 6.07) is 14.2. The van der Waals surface area contributed by atoms with E-state index in [1.165, 1.54) is 12.1 Å². The predicted octanol–water partition coefficient (Wildman–Crippen LogP) is 4.87. The van der Waals surface area contributed by atoms with Crippen molar-refractivity contribution >= 4 is 22.2 Å². The summed E-state index contributed by atoms with van der Waals surface area (Å²) >= 11 is 0. The zero-order valence-electron chi connectivity index (χ0n) is 16.7. The second-order valence-electron chi connectivity index (χ2n) is 7.42. The van der Waals surface area contributed by atoms with Crippen LogP contribution in [0, 0.1) is 12.7 Å². The minimum absolute atomic E-state index is 0.199. The fourth-order valence-corrected chi connectivity index (χ4v) is 3.56. The van der Waals surface area contributed by atoms with Crippen molar-refractivity contribution in [3.05, 3.63) is 60.1 Å². The Labute approximate surface area is 171 Å². The van der Waals surface area contributed by atoms with Crippen LogP contribution in [0.1, 0.15) is 19.6 Å². The maximum Gasteiger partial charge on any atom is 0.191 e. The van der Waals surface area contributed by atoms with Crippen molar-refractivity contribution in [3.8, 4) is 22.6 Å². The minimum Gasteiger partial charge on any atom is -0.366 e. The van der Waals surface area contributed by atoms with Gasteiger partial charge in [-0.05, 0) is 45.0 Å². The van der Waals surface area contributed by atoms with E-state index < -0.39 is 0 Å². The van der Waals surface area contributed by atoms with Crippen molar-refractivity contribution in [2.45, 2.75) is 26.8 Å². The lowest BCUT2D eigenvalue weighted by Crippen LogP contribution is -2.13. The first kappa shape index (κ1) is 18.2. The highest BCUT2D eigenvalue weighted by Crippen LogP contribution is 2.35. The molecule has 150 valence electrons. The Kier molecular flexibility index (Phi) is 4.20. The van der Waals surface area contributed by atoms with Crippen LogP contribution in [0.2, 0.25) is 0 Å². The normalized spacial score (nSPS) is 11.6. The summed E-state index contributed by atoms with van der Waals surface area (Å²) in [5, 5.41) is 23.1.